The van der Waals surface area contributed by atoms with Crippen LogP contribution in [0.2, 0.25) is 0 Å². The Hall–Kier alpha value is -2.61. The minimum Gasteiger partial charge on any atom is -0.497 e. The number of benzene rings is 3. The molecule has 41 heavy (non-hydrogen) atoms. The van der Waals surface area contributed by atoms with Gasteiger partial charge in [-0.15, -0.1) is 0 Å². The molecular weight excluding hydrogens is 503 g/mol. The summed E-state index contributed by atoms with van der Waals surface area (Å²) in [5.41, 5.74) is 5.52. The van der Waals surface area contributed by atoms with Gasteiger partial charge in [-0.25, -0.2) is 4.39 Å². The molecule has 2 heteroatoms. The molecule has 0 aromatic heterocycles. The van der Waals surface area contributed by atoms with E-state index in [4.69, 9.17) is 4.74 Å². The maximum Gasteiger partial charge on any atom is 0.123 e. The second-order valence-electron chi connectivity index (χ2n) is 9.83. The van der Waals surface area contributed by atoms with E-state index in [0.717, 1.165) is 12.2 Å². The molecule has 1 nitrogen and oxygen atoms in total. The third kappa shape index (κ3) is 23.8. The summed E-state index contributed by atoms with van der Waals surface area (Å²) in [5, 5.41) is 0. The normalized spacial score (nSPS) is 9.41. The first-order valence-electron chi connectivity index (χ1n) is 16.4. The van der Waals surface area contributed by atoms with Crippen molar-refractivity contribution in [1.82, 2.24) is 0 Å². The van der Waals surface area contributed by atoms with Crippen molar-refractivity contribution in [2.24, 2.45) is 0 Å². The Morgan fingerprint density at radius 1 is 0.537 bits per heavy atom. The van der Waals surface area contributed by atoms with Crippen LogP contribution in [-0.2, 0) is 19.3 Å². The minimum absolute atomic E-state index is 0.144. The second kappa shape index (κ2) is 30.4. The number of methoxy groups -OCH3 is 1. The Balaban J connectivity index is 0. The molecule has 0 heterocycles. The average Bonchev–Trinajstić information content (AvgIpc) is 3.02. The molecule has 0 radical (unpaired) electrons. The van der Waals surface area contributed by atoms with Crippen LogP contribution in [0.4, 0.5) is 4.39 Å². The van der Waals surface area contributed by atoms with Crippen molar-refractivity contribution in [3.05, 3.63) is 101 Å². The molecule has 0 fully saturated rings. The highest BCUT2D eigenvalue weighted by molar-refractivity contribution is 5.27. The molecule has 0 aliphatic heterocycles. The van der Waals surface area contributed by atoms with Gasteiger partial charge in [-0.3, -0.25) is 0 Å². The molecule has 0 saturated heterocycles. The van der Waals surface area contributed by atoms with Crippen LogP contribution in [0.3, 0.4) is 0 Å². The monoisotopic (exact) mass is 566 g/mol. The first kappa shape index (κ1) is 40.5. The van der Waals surface area contributed by atoms with Crippen molar-refractivity contribution < 1.29 is 9.13 Å². The van der Waals surface area contributed by atoms with Crippen LogP contribution in [0.25, 0.3) is 0 Å². The lowest BCUT2D eigenvalue weighted by molar-refractivity contribution is 0.414. The molecule has 0 aliphatic rings. The lowest BCUT2D eigenvalue weighted by Crippen LogP contribution is -1.86. The van der Waals surface area contributed by atoms with Crippen LogP contribution in [0.1, 0.15) is 129 Å². The third-order valence-electron chi connectivity index (χ3n) is 6.36. The molecule has 0 bridgehead atoms. The molecule has 0 unspecified atom stereocenters. The van der Waals surface area contributed by atoms with Gasteiger partial charge in [0.15, 0.2) is 0 Å². The van der Waals surface area contributed by atoms with Gasteiger partial charge in [0.05, 0.1) is 7.11 Å². The average molecular weight is 567 g/mol. The number of aryl methyl sites for hydroxylation is 4. The number of halogens is 1. The lowest BCUT2D eigenvalue weighted by atomic mass is 10.1. The number of hydrogen-bond donors (Lipinski definition) is 0. The molecule has 0 N–H and O–H groups in total. The highest BCUT2D eigenvalue weighted by Crippen LogP contribution is 2.13. The Morgan fingerprint density at radius 3 is 1.34 bits per heavy atom. The quantitative estimate of drug-likeness (QED) is 0.187. The molecule has 0 amide bonds. The number of rotatable bonds is 13. The summed E-state index contributed by atoms with van der Waals surface area (Å²) in [6.07, 6.45) is 15.1. The van der Waals surface area contributed by atoms with Gasteiger partial charge in [0.25, 0.3) is 0 Å². The van der Waals surface area contributed by atoms with E-state index in [1.165, 1.54) is 105 Å². The standard InChI is InChI=1S/C12H18O.C12H18.C11H15F.2C2H6/c1-3-4-5-6-11-7-9-12(13-2)10-8-11;1-3-4-5-8-12-9-6-7-11(2)10-12;1-2-3-4-5-10-6-8-11(12)9-7-10;2*1-2/h7-10H,3-6H2,1-2H3;6-7,9-10H,3-5,8H2,1-2H3;6-9H,2-5H2,1H3;2*1-2H3. The molecule has 3 rings (SSSR count). The Kier molecular flexibility index (Phi) is 30.0. The van der Waals surface area contributed by atoms with Crippen molar-refractivity contribution in [3.63, 3.8) is 0 Å². The molecule has 0 saturated carbocycles. The van der Waals surface area contributed by atoms with E-state index < -0.39 is 0 Å². The van der Waals surface area contributed by atoms with Crippen molar-refractivity contribution in [1.29, 1.82) is 0 Å². The van der Waals surface area contributed by atoms with E-state index in [2.05, 4.69) is 64.1 Å². The fourth-order valence-corrected chi connectivity index (χ4v) is 4.05. The summed E-state index contributed by atoms with van der Waals surface area (Å²) in [5.74, 6) is 0.800. The van der Waals surface area contributed by atoms with Crippen LogP contribution in [0.15, 0.2) is 72.8 Å². The van der Waals surface area contributed by atoms with Crippen LogP contribution >= 0.6 is 0 Å². The van der Waals surface area contributed by atoms with Crippen molar-refractivity contribution >= 4 is 0 Å². The summed E-state index contributed by atoms with van der Waals surface area (Å²) in [6.45, 7) is 16.8. The predicted octanol–water partition coefficient (Wildman–Crippen LogP) is 12.8. The molecule has 0 aliphatic carbocycles. The van der Waals surface area contributed by atoms with Gasteiger partial charge in [0.1, 0.15) is 11.6 Å². The predicted molar refractivity (Wildman–Crippen MR) is 183 cm³/mol. The number of hydrogen-bond acceptors (Lipinski definition) is 1. The largest absolute Gasteiger partial charge is 0.497 e. The summed E-state index contributed by atoms with van der Waals surface area (Å²) in [7, 11) is 1.70. The Morgan fingerprint density at radius 2 is 0.951 bits per heavy atom. The molecule has 232 valence electrons. The van der Waals surface area contributed by atoms with E-state index in [-0.39, 0.29) is 5.82 Å². The first-order chi connectivity index (χ1) is 20.0. The summed E-state index contributed by atoms with van der Waals surface area (Å²) >= 11 is 0. The van der Waals surface area contributed by atoms with Gasteiger partial charge >= 0.3 is 0 Å². The van der Waals surface area contributed by atoms with E-state index in [1.54, 1.807) is 7.11 Å². The number of ether oxygens (including phenoxy) is 1. The van der Waals surface area contributed by atoms with Gasteiger partial charge < -0.3 is 4.74 Å². The maximum atomic E-state index is 12.5. The smallest absolute Gasteiger partial charge is 0.123 e. The van der Waals surface area contributed by atoms with Crippen LogP contribution in [0, 0.1) is 12.7 Å². The Bertz CT molecular complexity index is 915. The van der Waals surface area contributed by atoms with Crippen LogP contribution < -0.4 is 4.74 Å². The zero-order valence-electron chi connectivity index (χ0n) is 28.2. The van der Waals surface area contributed by atoms with Crippen LogP contribution in [0.5, 0.6) is 5.75 Å². The third-order valence-corrected chi connectivity index (χ3v) is 6.36. The van der Waals surface area contributed by atoms with Crippen molar-refractivity contribution in [2.75, 3.05) is 7.11 Å². The van der Waals surface area contributed by atoms with Gasteiger partial charge in [-0.1, -0.05) is 141 Å². The topological polar surface area (TPSA) is 9.23 Å². The maximum absolute atomic E-state index is 12.5. The summed E-state index contributed by atoms with van der Waals surface area (Å²) in [4.78, 5) is 0. The second-order valence-corrected chi connectivity index (χ2v) is 9.83. The van der Waals surface area contributed by atoms with Crippen molar-refractivity contribution in [3.8, 4) is 5.75 Å². The highest BCUT2D eigenvalue weighted by atomic mass is 19.1. The van der Waals surface area contributed by atoms with Gasteiger partial charge in [-0.05, 0) is 86.4 Å². The van der Waals surface area contributed by atoms with Crippen LogP contribution in [-0.4, -0.2) is 7.11 Å². The lowest BCUT2D eigenvalue weighted by Gasteiger charge is -2.02. The van der Waals surface area contributed by atoms with Crippen molar-refractivity contribution in [2.45, 2.75) is 132 Å². The fourth-order valence-electron chi connectivity index (χ4n) is 4.05. The zero-order valence-corrected chi connectivity index (χ0v) is 28.2. The van der Waals surface area contributed by atoms with E-state index in [9.17, 15) is 4.39 Å². The van der Waals surface area contributed by atoms with E-state index in [0.29, 0.717) is 0 Å². The fraction of sp³-hybridized carbons (Fsp3) is 0.538. The molecule has 3 aromatic carbocycles. The minimum atomic E-state index is -0.144. The van der Waals surface area contributed by atoms with Gasteiger partial charge in [0, 0.05) is 0 Å². The zero-order chi connectivity index (χ0) is 31.1. The first-order valence-corrected chi connectivity index (χ1v) is 16.4. The van der Waals surface area contributed by atoms with E-state index in [1.807, 2.05) is 52.0 Å². The molecule has 0 atom stereocenters. The van der Waals surface area contributed by atoms with Gasteiger partial charge in [0.2, 0.25) is 0 Å². The number of unbranched alkanes of at least 4 members (excludes halogenated alkanes) is 6. The summed E-state index contributed by atoms with van der Waals surface area (Å²) < 4.78 is 17.6. The molecule has 3 aromatic rings. The van der Waals surface area contributed by atoms with Gasteiger partial charge in [-0.2, -0.15) is 0 Å². The summed E-state index contributed by atoms with van der Waals surface area (Å²) in [6, 6.07) is 24.0. The van der Waals surface area contributed by atoms with E-state index >= 15 is 0 Å². The molecule has 0 spiro atoms. The highest BCUT2D eigenvalue weighted by Gasteiger charge is 1.95. The molecular formula is C39H63FO. The Labute approximate surface area is 255 Å². The SMILES string of the molecule is CC.CC.CCCCCc1ccc(F)cc1.CCCCCc1ccc(OC)cc1.CCCCCc1cccc(C)c1.